The van der Waals surface area contributed by atoms with Crippen LogP contribution in [0.2, 0.25) is 0 Å². The Hall–Kier alpha value is -1.56. The highest BCUT2D eigenvalue weighted by molar-refractivity contribution is 5.78. The fraction of sp³-hybridized carbons (Fsp3) is 0.533. The zero-order valence-electron chi connectivity index (χ0n) is 12.5. The average Bonchev–Trinajstić information content (AvgIpc) is 2.37. The number of hydrogen-bond acceptors (Lipinski definition) is 2. The lowest BCUT2D eigenvalue weighted by atomic mass is 9.93. The maximum Gasteiger partial charge on any atom is 0.416 e. The topological polar surface area (TPSA) is 46.3 Å². The number of alkyl halides is 3. The van der Waals surface area contributed by atoms with E-state index in [-0.39, 0.29) is 17.7 Å². The first-order valence-electron chi connectivity index (χ1n) is 6.65. The van der Waals surface area contributed by atoms with E-state index >= 15 is 0 Å². The van der Waals surface area contributed by atoms with Crippen molar-refractivity contribution in [3.8, 4) is 0 Å². The Labute approximate surface area is 122 Å². The standard InChI is InChI=1S/C15H21F3N2O/c1-14(2,9-19)10-20(3)13(21)8-11-4-6-12(7-5-11)15(16,17)18/h4-7H,8-10,19H2,1-3H3. The van der Waals surface area contributed by atoms with Crippen LogP contribution in [0.5, 0.6) is 0 Å². The molecule has 0 bridgehead atoms. The number of carbonyl (C=O) groups is 1. The second-order valence-corrected chi connectivity index (χ2v) is 5.99. The summed E-state index contributed by atoms with van der Waals surface area (Å²) in [6, 6.07) is 4.66. The molecule has 1 aromatic rings. The SMILES string of the molecule is CN(CC(C)(C)CN)C(=O)Cc1ccc(C(F)(F)F)cc1. The minimum absolute atomic E-state index is 0.0787. The monoisotopic (exact) mass is 302 g/mol. The van der Waals surface area contributed by atoms with Crippen molar-refractivity contribution in [2.75, 3.05) is 20.1 Å². The predicted octanol–water partition coefficient (Wildman–Crippen LogP) is 2.69. The Morgan fingerprint density at radius 2 is 1.71 bits per heavy atom. The minimum atomic E-state index is -4.36. The number of halogens is 3. The van der Waals surface area contributed by atoms with Gasteiger partial charge in [0.25, 0.3) is 0 Å². The molecule has 1 aromatic carbocycles. The average molecular weight is 302 g/mol. The van der Waals surface area contributed by atoms with Crippen molar-refractivity contribution >= 4 is 5.91 Å². The number of nitrogens with zero attached hydrogens (tertiary/aromatic N) is 1. The molecule has 1 rings (SSSR count). The molecule has 0 unspecified atom stereocenters. The van der Waals surface area contributed by atoms with Crippen LogP contribution in [0.3, 0.4) is 0 Å². The molecule has 0 atom stereocenters. The molecular weight excluding hydrogens is 281 g/mol. The molecule has 21 heavy (non-hydrogen) atoms. The van der Waals surface area contributed by atoms with Crippen molar-refractivity contribution in [3.05, 3.63) is 35.4 Å². The van der Waals surface area contributed by atoms with Crippen molar-refractivity contribution in [2.24, 2.45) is 11.1 Å². The molecule has 1 amide bonds. The zero-order chi connectivity index (χ0) is 16.3. The Morgan fingerprint density at radius 3 is 2.14 bits per heavy atom. The molecule has 0 saturated heterocycles. The van der Waals surface area contributed by atoms with E-state index in [0.717, 1.165) is 12.1 Å². The summed E-state index contributed by atoms with van der Waals surface area (Å²) in [7, 11) is 1.67. The summed E-state index contributed by atoms with van der Waals surface area (Å²) >= 11 is 0. The van der Waals surface area contributed by atoms with Crippen molar-refractivity contribution < 1.29 is 18.0 Å². The van der Waals surface area contributed by atoms with E-state index in [9.17, 15) is 18.0 Å². The summed E-state index contributed by atoms with van der Waals surface area (Å²) in [4.78, 5) is 13.6. The first-order valence-corrected chi connectivity index (χ1v) is 6.65. The number of hydrogen-bond donors (Lipinski definition) is 1. The van der Waals surface area contributed by atoms with E-state index < -0.39 is 11.7 Å². The Morgan fingerprint density at radius 1 is 1.19 bits per heavy atom. The molecule has 3 nitrogen and oxygen atoms in total. The quantitative estimate of drug-likeness (QED) is 0.909. The number of carbonyl (C=O) groups excluding carboxylic acids is 1. The third kappa shape index (κ3) is 5.38. The van der Waals surface area contributed by atoms with Crippen LogP contribution in [-0.4, -0.2) is 30.9 Å². The fourth-order valence-corrected chi connectivity index (χ4v) is 1.92. The number of amides is 1. The summed E-state index contributed by atoms with van der Waals surface area (Å²) in [6.07, 6.45) is -4.28. The van der Waals surface area contributed by atoms with Crippen LogP contribution in [0.15, 0.2) is 24.3 Å². The Bertz CT molecular complexity index is 481. The molecular formula is C15H21F3N2O. The van der Waals surface area contributed by atoms with Crippen LogP contribution in [0.1, 0.15) is 25.0 Å². The van der Waals surface area contributed by atoms with Crippen LogP contribution in [0.25, 0.3) is 0 Å². The van der Waals surface area contributed by atoms with Gasteiger partial charge < -0.3 is 10.6 Å². The van der Waals surface area contributed by atoms with Crippen LogP contribution >= 0.6 is 0 Å². The number of rotatable bonds is 5. The molecule has 6 heteroatoms. The Kier molecular flexibility index (Phi) is 5.39. The first kappa shape index (κ1) is 17.5. The predicted molar refractivity (Wildman–Crippen MR) is 75.6 cm³/mol. The summed E-state index contributed by atoms with van der Waals surface area (Å²) < 4.78 is 37.3. The van der Waals surface area contributed by atoms with E-state index in [1.54, 1.807) is 11.9 Å². The molecule has 0 fully saturated rings. The van der Waals surface area contributed by atoms with E-state index in [1.165, 1.54) is 12.1 Å². The summed E-state index contributed by atoms with van der Waals surface area (Å²) in [6.45, 7) is 4.86. The van der Waals surface area contributed by atoms with E-state index in [1.807, 2.05) is 13.8 Å². The van der Waals surface area contributed by atoms with Crippen LogP contribution in [-0.2, 0) is 17.4 Å². The van der Waals surface area contributed by atoms with Gasteiger partial charge in [-0.05, 0) is 29.7 Å². The molecule has 0 aliphatic carbocycles. The summed E-state index contributed by atoms with van der Waals surface area (Å²) in [5.74, 6) is -0.142. The van der Waals surface area contributed by atoms with Crippen LogP contribution in [0, 0.1) is 5.41 Å². The Balaban J connectivity index is 2.67. The highest BCUT2D eigenvalue weighted by Gasteiger charge is 2.30. The normalized spacial score (nSPS) is 12.3. The largest absolute Gasteiger partial charge is 0.416 e. The van der Waals surface area contributed by atoms with Gasteiger partial charge in [-0.1, -0.05) is 26.0 Å². The third-order valence-electron chi connectivity index (χ3n) is 3.28. The van der Waals surface area contributed by atoms with Gasteiger partial charge in [0.1, 0.15) is 0 Å². The molecule has 0 aliphatic rings. The highest BCUT2D eigenvalue weighted by Crippen LogP contribution is 2.29. The highest BCUT2D eigenvalue weighted by atomic mass is 19.4. The van der Waals surface area contributed by atoms with Gasteiger partial charge in [-0.15, -0.1) is 0 Å². The minimum Gasteiger partial charge on any atom is -0.345 e. The number of likely N-dealkylation sites (N-methyl/N-ethyl adjacent to an activating group) is 1. The van der Waals surface area contributed by atoms with Crippen LogP contribution < -0.4 is 5.73 Å². The van der Waals surface area contributed by atoms with Gasteiger partial charge in [0.2, 0.25) is 5.91 Å². The van der Waals surface area contributed by atoms with Gasteiger partial charge >= 0.3 is 6.18 Å². The van der Waals surface area contributed by atoms with E-state index in [2.05, 4.69) is 0 Å². The molecule has 0 radical (unpaired) electrons. The van der Waals surface area contributed by atoms with Gasteiger partial charge in [-0.3, -0.25) is 4.79 Å². The third-order valence-corrected chi connectivity index (χ3v) is 3.28. The van der Waals surface area contributed by atoms with Crippen molar-refractivity contribution in [1.29, 1.82) is 0 Å². The van der Waals surface area contributed by atoms with Gasteiger partial charge in [0.15, 0.2) is 0 Å². The molecule has 0 aliphatic heterocycles. The molecule has 0 aromatic heterocycles. The van der Waals surface area contributed by atoms with Gasteiger partial charge in [-0.2, -0.15) is 13.2 Å². The summed E-state index contributed by atoms with van der Waals surface area (Å²) in [5, 5.41) is 0. The van der Waals surface area contributed by atoms with Crippen LogP contribution in [0.4, 0.5) is 13.2 Å². The lowest BCUT2D eigenvalue weighted by molar-refractivity contribution is -0.137. The first-order chi connectivity index (χ1) is 9.55. The number of nitrogens with two attached hydrogens (primary N) is 1. The molecule has 0 heterocycles. The summed E-state index contributed by atoms with van der Waals surface area (Å²) in [5.41, 5.74) is 5.28. The smallest absolute Gasteiger partial charge is 0.345 e. The van der Waals surface area contributed by atoms with Gasteiger partial charge in [0, 0.05) is 13.6 Å². The number of benzene rings is 1. The molecule has 2 N–H and O–H groups in total. The van der Waals surface area contributed by atoms with E-state index in [0.29, 0.717) is 18.7 Å². The maximum absolute atomic E-state index is 12.4. The second-order valence-electron chi connectivity index (χ2n) is 5.99. The fourth-order valence-electron chi connectivity index (χ4n) is 1.92. The lowest BCUT2D eigenvalue weighted by Gasteiger charge is -2.29. The molecule has 0 saturated carbocycles. The lowest BCUT2D eigenvalue weighted by Crippen LogP contribution is -2.40. The van der Waals surface area contributed by atoms with Crippen molar-refractivity contribution in [1.82, 2.24) is 4.90 Å². The van der Waals surface area contributed by atoms with Crippen molar-refractivity contribution in [3.63, 3.8) is 0 Å². The van der Waals surface area contributed by atoms with E-state index in [4.69, 9.17) is 5.73 Å². The van der Waals surface area contributed by atoms with Gasteiger partial charge in [0.05, 0.1) is 12.0 Å². The molecule has 0 spiro atoms. The maximum atomic E-state index is 12.4. The van der Waals surface area contributed by atoms with Crippen molar-refractivity contribution in [2.45, 2.75) is 26.4 Å². The molecule has 118 valence electrons. The van der Waals surface area contributed by atoms with Gasteiger partial charge in [-0.25, -0.2) is 0 Å². The zero-order valence-corrected chi connectivity index (χ0v) is 12.5. The second kappa shape index (κ2) is 6.47.